The van der Waals surface area contributed by atoms with Gasteiger partial charge in [-0.1, -0.05) is 34.6 Å². The minimum absolute atomic E-state index is 0.161. The summed E-state index contributed by atoms with van der Waals surface area (Å²) < 4.78 is 5.51. The highest BCUT2D eigenvalue weighted by atomic mass is 16.5. The standard InChI is InChI=1S/C14H27N5O/c1-6-8-15-11-17-12(16-10-14(3,4)5)19-13(18-11)20-9-7-2/h6-10H2,1-5H3,(H2,15,16,17,18,19). The zero-order valence-corrected chi connectivity index (χ0v) is 13.3. The number of hydrogen-bond donors (Lipinski definition) is 2. The molecule has 0 aliphatic carbocycles. The van der Waals surface area contributed by atoms with Crippen molar-refractivity contribution in [3.8, 4) is 6.01 Å². The second-order valence-corrected chi connectivity index (χ2v) is 5.95. The molecule has 1 rings (SSSR count). The van der Waals surface area contributed by atoms with E-state index in [0.29, 0.717) is 24.5 Å². The van der Waals surface area contributed by atoms with Gasteiger partial charge in [0, 0.05) is 13.1 Å². The van der Waals surface area contributed by atoms with Crippen LogP contribution in [0.2, 0.25) is 0 Å². The Balaban J connectivity index is 2.79. The first-order valence-corrected chi connectivity index (χ1v) is 7.31. The first kappa shape index (κ1) is 16.5. The average Bonchev–Trinajstić information content (AvgIpc) is 2.40. The van der Waals surface area contributed by atoms with Crippen molar-refractivity contribution in [1.82, 2.24) is 15.0 Å². The molecule has 0 aromatic carbocycles. The molecule has 1 aromatic rings. The quantitative estimate of drug-likeness (QED) is 0.763. The Hall–Kier alpha value is -1.59. The predicted octanol–water partition coefficient (Wildman–Crippen LogP) is 2.94. The number of hydrogen-bond acceptors (Lipinski definition) is 6. The van der Waals surface area contributed by atoms with Gasteiger partial charge in [0.2, 0.25) is 11.9 Å². The molecule has 0 fully saturated rings. The van der Waals surface area contributed by atoms with E-state index >= 15 is 0 Å². The van der Waals surface area contributed by atoms with Crippen molar-refractivity contribution in [3.63, 3.8) is 0 Å². The van der Waals surface area contributed by atoms with Gasteiger partial charge in [0.1, 0.15) is 0 Å². The molecule has 0 spiro atoms. The van der Waals surface area contributed by atoms with Crippen molar-refractivity contribution >= 4 is 11.9 Å². The number of anilines is 2. The maximum absolute atomic E-state index is 5.51. The van der Waals surface area contributed by atoms with Gasteiger partial charge in [0.15, 0.2) is 0 Å². The second kappa shape index (κ2) is 7.87. The summed E-state index contributed by atoms with van der Waals surface area (Å²) >= 11 is 0. The Bertz CT molecular complexity index is 377. The van der Waals surface area contributed by atoms with Crippen molar-refractivity contribution in [2.45, 2.75) is 47.5 Å². The highest BCUT2D eigenvalue weighted by molar-refractivity contribution is 5.35. The van der Waals surface area contributed by atoms with E-state index in [4.69, 9.17) is 4.74 Å². The second-order valence-electron chi connectivity index (χ2n) is 5.95. The fourth-order valence-corrected chi connectivity index (χ4v) is 1.35. The number of ether oxygens (including phenoxy) is 1. The molecular formula is C14H27N5O. The Kier molecular flexibility index (Phi) is 6.48. The molecule has 0 aliphatic rings. The molecule has 114 valence electrons. The number of nitrogens with one attached hydrogen (secondary N) is 2. The van der Waals surface area contributed by atoms with E-state index in [1.165, 1.54) is 0 Å². The van der Waals surface area contributed by atoms with E-state index in [9.17, 15) is 0 Å². The highest BCUT2D eigenvalue weighted by Gasteiger charge is 2.12. The molecule has 6 nitrogen and oxygen atoms in total. The van der Waals surface area contributed by atoms with Crippen LogP contribution in [0.3, 0.4) is 0 Å². The molecule has 0 aliphatic heterocycles. The van der Waals surface area contributed by atoms with Gasteiger partial charge in [-0.05, 0) is 18.3 Å². The van der Waals surface area contributed by atoms with Crippen molar-refractivity contribution in [2.75, 3.05) is 30.3 Å². The molecule has 6 heteroatoms. The van der Waals surface area contributed by atoms with Gasteiger partial charge in [0.25, 0.3) is 0 Å². The van der Waals surface area contributed by atoms with Crippen LogP contribution in [0.1, 0.15) is 47.5 Å². The highest BCUT2D eigenvalue weighted by Crippen LogP contribution is 2.16. The maximum atomic E-state index is 5.51. The minimum atomic E-state index is 0.161. The molecule has 0 unspecified atom stereocenters. The van der Waals surface area contributed by atoms with Crippen molar-refractivity contribution in [3.05, 3.63) is 0 Å². The van der Waals surface area contributed by atoms with Gasteiger partial charge in [-0.25, -0.2) is 0 Å². The molecule has 20 heavy (non-hydrogen) atoms. The molecule has 0 atom stereocenters. The van der Waals surface area contributed by atoms with Crippen LogP contribution in [0, 0.1) is 5.41 Å². The van der Waals surface area contributed by atoms with Crippen LogP contribution < -0.4 is 15.4 Å². The van der Waals surface area contributed by atoms with Crippen LogP contribution in [0.4, 0.5) is 11.9 Å². The smallest absolute Gasteiger partial charge is 0.323 e. The minimum Gasteiger partial charge on any atom is -0.463 e. The van der Waals surface area contributed by atoms with E-state index in [1.807, 2.05) is 0 Å². The van der Waals surface area contributed by atoms with Crippen LogP contribution in [-0.2, 0) is 0 Å². The van der Waals surface area contributed by atoms with E-state index in [1.54, 1.807) is 0 Å². The van der Waals surface area contributed by atoms with Crippen molar-refractivity contribution < 1.29 is 4.74 Å². The number of nitrogens with zero attached hydrogens (tertiary/aromatic N) is 3. The monoisotopic (exact) mass is 281 g/mol. The lowest BCUT2D eigenvalue weighted by atomic mass is 9.97. The normalized spacial score (nSPS) is 11.2. The maximum Gasteiger partial charge on any atom is 0.323 e. The predicted molar refractivity (Wildman–Crippen MR) is 82.3 cm³/mol. The average molecular weight is 281 g/mol. The van der Waals surface area contributed by atoms with E-state index in [-0.39, 0.29) is 5.41 Å². The van der Waals surface area contributed by atoms with Crippen LogP contribution in [-0.4, -0.2) is 34.6 Å². The summed E-state index contributed by atoms with van der Waals surface area (Å²) in [5, 5.41) is 6.40. The summed E-state index contributed by atoms with van der Waals surface area (Å²) in [7, 11) is 0. The third-order valence-electron chi connectivity index (χ3n) is 2.36. The lowest BCUT2D eigenvalue weighted by Gasteiger charge is -2.19. The third kappa shape index (κ3) is 6.54. The lowest BCUT2D eigenvalue weighted by Crippen LogP contribution is -2.21. The van der Waals surface area contributed by atoms with Gasteiger partial charge in [0.05, 0.1) is 6.61 Å². The Morgan fingerprint density at radius 2 is 1.60 bits per heavy atom. The molecule has 0 amide bonds. The van der Waals surface area contributed by atoms with Gasteiger partial charge in [-0.2, -0.15) is 15.0 Å². The van der Waals surface area contributed by atoms with Gasteiger partial charge < -0.3 is 15.4 Å². The fourth-order valence-electron chi connectivity index (χ4n) is 1.35. The van der Waals surface area contributed by atoms with Crippen molar-refractivity contribution in [2.24, 2.45) is 5.41 Å². The molecule has 0 saturated carbocycles. The Morgan fingerprint density at radius 1 is 0.950 bits per heavy atom. The summed E-state index contributed by atoms with van der Waals surface area (Å²) in [6.45, 7) is 12.9. The van der Waals surface area contributed by atoms with Crippen LogP contribution in [0.25, 0.3) is 0 Å². The molecule has 1 heterocycles. The lowest BCUT2D eigenvalue weighted by molar-refractivity contribution is 0.292. The third-order valence-corrected chi connectivity index (χ3v) is 2.36. The fraction of sp³-hybridized carbons (Fsp3) is 0.786. The van der Waals surface area contributed by atoms with E-state index in [0.717, 1.165) is 25.9 Å². The van der Waals surface area contributed by atoms with E-state index in [2.05, 4.69) is 60.2 Å². The molecule has 0 bridgehead atoms. The first-order chi connectivity index (χ1) is 9.44. The van der Waals surface area contributed by atoms with Crippen LogP contribution in [0.15, 0.2) is 0 Å². The number of rotatable bonds is 8. The summed E-state index contributed by atoms with van der Waals surface area (Å²) in [4.78, 5) is 12.9. The van der Waals surface area contributed by atoms with Crippen molar-refractivity contribution in [1.29, 1.82) is 0 Å². The molecule has 2 N–H and O–H groups in total. The number of aromatic nitrogens is 3. The molecular weight excluding hydrogens is 254 g/mol. The van der Waals surface area contributed by atoms with E-state index < -0.39 is 0 Å². The molecule has 0 radical (unpaired) electrons. The molecule has 0 saturated heterocycles. The summed E-state index contributed by atoms with van der Waals surface area (Å²) in [6, 6.07) is 0.372. The summed E-state index contributed by atoms with van der Waals surface area (Å²) in [5.74, 6) is 1.11. The summed E-state index contributed by atoms with van der Waals surface area (Å²) in [6.07, 6.45) is 1.94. The summed E-state index contributed by atoms with van der Waals surface area (Å²) in [5.41, 5.74) is 0.161. The zero-order valence-electron chi connectivity index (χ0n) is 13.3. The van der Waals surface area contributed by atoms with Gasteiger partial charge >= 0.3 is 6.01 Å². The largest absolute Gasteiger partial charge is 0.463 e. The van der Waals surface area contributed by atoms with Gasteiger partial charge in [-0.3, -0.25) is 0 Å². The molecule has 1 aromatic heterocycles. The first-order valence-electron chi connectivity index (χ1n) is 7.31. The van der Waals surface area contributed by atoms with Crippen LogP contribution in [0.5, 0.6) is 6.01 Å². The van der Waals surface area contributed by atoms with Gasteiger partial charge in [-0.15, -0.1) is 0 Å². The topological polar surface area (TPSA) is 72.0 Å². The zero-order chi connectivity index (χ0) is 15.0. The van der Waals surface area contributed by atoms with Crippen LogP contribution >= 0.6 is 0 Å². The Morgan fingerprint density at radius 3 is 2.15 bits per heavy atom. The Labute approximate surface area is 121 Å². The SMILES string of the molecule is CCCNc1nc(NCC(C)(C)C)nc(OCCC)n1.